The highest BCUT2D eigenvalue weighted by molar-refractivity contribution is 7.99. The lowest BCUT2D eigenvalue weighted by Crippen LogP contribution is -3.05. The van der Waals surface area contributed by atoms with Crippen molar-refractivity contribution in [2.45, 2.75) is 44.2 Å². The van der Waals surface area contributed by atoms with Crippen LogP contribution in [0, 0.1) is 0 Å². The molecule has 0 aliphatic carbocycles. The number of thioether (sulfide) groups is 1. The van der Waals surface area contributed by atoms with E-state index in [9.17, 15) is 9.59 Å². The summed E-state index contributed by atoms with van der Waals surface area (Å²) in [6, 6.07) is 7.40. The zero-order valence-corrected chi connectivity index (χ0v) is 18.5. The molecule has 1 amide bonds. The Bertz CT molecular complexity index is 904. The molecule has 2 heterocycles. The van der Waals surface area contributed by atoms with Gasteiger partial charge in [-0.3, -0.25) is 14.2 Å². The first-order valence-electron chi connectivity index (χ1n) is 10.2. The number of amides is 1. The second kappa shape index (κ2) is 9.73. The van der Waals surface area contributed by atoms with Crippen LogP contribution < -0.4 is 10.5 Å². The molecule has 7 nitrogen and oxygen atoms in total. The minimum atomic E-state index is -0.0343. The molecule has 158 valence electrons. The van der Waals surface area contributed by atoms with Gasteiger partial charge in [0.15, 0.2) is 5.16 Å². The Labute approximate surface area is 176 Å². The van der Waals surface area contributed by atoms with Crippen LogP contribution >= 0.6 is 11.8 Å². The van der Waals surface area contributed by atoms with E-state index in [1.54, 1.807) is 4.57 Å². The number of rotatable bonds is 7. The lowest BCUT2D eigenvalue weighted by Gasteiger charge is -2.35. The molecule has 3 rings (SSSR count). The van der Waals surface area contributed by atoms with Crippen LogP contribution in [-0.4, -0.2) is 72.0 Å². The molecule has 0 saturated carbocycles. The first-order valence-corrected chi connectivity index (χ1v) is 11.2. The molecule has 1 saturated heterocycles. The maximum Gasteiger partial charge on any atom is 0.262 e. The summed E-state index contributed by atoms with van der Waals surface area (Å²) in [6.45, 7) is 6.74. The number of morpholine rings is 1. The third-order valence-corrected chi connectivity index (χ3v) is 5.94. The third-order valence-electron chi connectivity index (χ3n) is 4.98. The molecule has 2 aromatic rings. The fraction of sp³-hybridized carbons (Fsp3) is 0.571. The summed E-state index contributed by atoms with van der Waals surface area (Å²) in [6.07, 6.45) is 0.957. The van der Waals surface area contributed by atoms with Crippen molar-refractivity contribution in [3.63, 3.8) is 0 Å². The first-order chi connectivity index (χ1) is 13.8. The lowest BCUT2D eigenvalue weighted by molar-refractivity contribution is -0.858. The molecular weight excluding hydrogens is 388 g/mol. The summed E-state index contributed by atoms with van der Waals surface area (Å²) in [7, 11) is 4.19. The van der Waals surface area contributed by atoms with Crippen molar-refractivity contribution in [2.24, 2.45) is 0 Å². The van der Waals surface area contributed by atoms with E-state index >= 15 is 0 Å². The van der Waals surface area contributed by atoms with Crippen molar-refractivity contribution in [3.05, 3.63) is 34.6 Å². The highest BCUT2D eigenvalue weighted by atomic mass is 32.2. The Hall–Kier alpha value is -1.90. The molecule has 8 heteroatoms. The summed E-state index contributed by atoms with van der Waals surface area (Å²) in [4.78, 5) is 33.7. The number of ether oxygens (including phenoxy) is 1. The summed E-state index contributed by atoms with van der Waals surface area (Å²) in [5.74, 6) is 0.326. The zero-order valence-electron chi connectivity index (χ0n) is 17.7. The van der Waals surface area contributed by atoms with Gasteiger partial charge in [0.1, 0.15) is 0 Å². The highest BCUT2D eigenvalue weighted by Gasteiger charge is 2.26. The Morgan fingerprint density at radius 2 is 1.93 bits per heavy atom. The number of carbonyl (C=O) groups is 1. The molecule has 0 unspecified atom stereocenters. The molecule has 1 fully saturated rings. The summed E-state index contributed by atoms with van der Waals surface area (Å²) in [5, 5.41) is 1.24. The van der Waals surface area contributed by atoms with E-state index in [2.05, 4.69) is 14.1 Å². The van der Waals surface area contributed by atoms with E-state index in [-0.39, 0.29) is 29.4 Å². The number of hydrogen-bond acceptors (Lipinski definition) is 5. The maximum atomic E-state index is 13.0. The summed E-state index contributed by atoms with van der Waals surface area (Å²) < 4.78 is 7.45. The van der Waals surface area contributed by atoms with Gasteiger partial charge >= 0.3 is 0 Å². The van der Waals surface area contributed by atoms with Gasteiger partial charge in [-0.05, 0) is 26.0 Å². The largest absolute Gasteiger partial charge is 0.372 e. The Morgan fingerprint density at radius 1 is 1.24 bits per heavy atom. The van der Waals surface area contributed by atoms with Crippen molar-refractivity contribution in [1.82, 2.24) is 14.5 Å². The minimum absolute atomic E-state index is 0.0343. The van der Waals surface area contributed by atoms with E-state index in [1.165, 1.54) is 16.7 Å². The zero-order chi connectivity index (χ0) is 21.0. The Morgan fingerprint density at radius 3 is 2.62 bits per heavy atom. The van der Waals surface area contributed by atoms with Gasteiger partial charge < -0.3 is 14.5 Å². The topological polar surface area (TPSA) is 68.9 Å². The van der Waals surface area contributed by atoms with Crippen LogP contribution in [0.1, 0.15) is 20.3 Å². The molecule has 0 radical (unpaired) electrons. The lowest BCUT2D eigenvalue weighted by atomic mass is 10.2. The number of hydrogen-bond donors (Lipinski definition) is 1. The van der Waals surface area contributed by atoms with Crippen LogP contribution in [0.5, 0.6) is 0 Å². The molecule has 1 aliphatic rings. The van der Waals surface area contributed by atoms with Gasteiger partial charge in [-0.15, -0.1) is 0 Å². The predicted octanol–water partition coefficient (Wildman–Crippen LogP) is 0.659. The van der Waals surface area contributed by atoms with Crippen molar-refractivity contribution < 1.29 is 14.4 Å². The number of benzene rings is 1. The normalized spacial score (nSPS) is 19.8. The number of carbonyl (C=O) groups excluding carboxylic acids is 1. The average molecular weight is 420 g/mol. The van der Waals surface area contributed by atoms with Gasteiger partial charge in [0, 0.05) is 26.1 Å². The predicted molar refractivity (Wildman–Crippen MR) is 116 cm³/mol. The van der Waals surface area contributed by atoms with E-state index in [0.29, 0.717) is 35.7 Å². The monoisotopic (exact) mass is 419 g/mol. The summed E-state index contributed by atoms with van der Waals surface area (Å²) >= 11 is 1.35. The van der Waals surface area contributed by atoms with Crippen molar-refractivity contribution >= 4 is 28.6 Å². The van der Waals surface area contributed by atoms with Crippen LogP contribution in [0.4, 0.5) is 0 Å². The van der Waals surface area contributed by atoms with Crippen LogP contribution in [0.15, 0.2) is 34.2 Å². The number of para-hydroxylation sites is 1. The van der Waals surface area contributed by atoms with Crippen LogP contribution in [0.25, 0.3) is 10.9 Å². The standard InChI is InChI=1S/C21H30N4O3S/c1-15-12-24(13-16(2)28-15)19(26)14-29-21-22-18-9-6-5-8-17(18)20(27)25(21)11-7-10-23(3)4/h5-6,8-9,15-16H,7,10-14H2,1-4H3/p+1/t15-,16-/m1/s1. The average Bonchev–Trinajstić information content (AvgIpc) is 2.67. The van der Waals surface area contributed by atoms with Crippen LogP contribution in [0.3, 0.4) is 0 Å². The number of fused-ring (bicyclic) bond motifs is 1. The van der Waals surface area contributed by atoms with E-state index < -0.39 is 0 Å². The quantitative estimate of drug-likeness (QED) is 0.528. The smallest absolute Gasteiger partial charge is 0.262 e. The van der Waals surface area contributed by atoms with Crippen molar-refractivity contribution in [2.75, 3.05) is 39.5 Å². The summed E-state index contributed by atoms with van der Waals surface area (Å²) in [5.41, 5.74) is 0.642. The van der Waals surface area contributed by atoms with E-state index in [0.717, 1.165) is 13.0 Å². The second-order valence-corrected chi connectivity index (χ2v) is 8.97. The molecule has 0 spiro atoms. The number of quaternary nitrogens is 1. The van der Waals surface area contributed by atoms with Crippen LogP contribution in [-0.2, 0) is 16.1 Å². The molecule has 1 aromatic carbocycles. The van der Waals surface area contributed by atoms with E-state index in [4.69, 9.17) is 9.72 Å². The Kier molecular flexibility index (Phi) is 7.32. The van der Waals surface area contributed by atoms with Gasteiger partial charge in [0.05, 0.1) is 49.5 Å². The molecule has 1 aromatic heterocycles. The van der Waals surface area contributed by atoms with Crippen molar-refractivity contribution in [3.8, 4) is 0 Å². The number of nitrogens with zero attached hydrogens (tertiary/aromatic N) is 3. The van der Waals surface area contributed by atoms with Gasteiger partial charge in [0.25, 0.3) is 5.56 Å². The molecule has 2 atom stereocenters. The fourth-order valence-electron chi connectivity index (χ4n) is 3.64. The fourth-order valence-corrected chi connectivity index (χ4v) is 4.57. The van der Waals surface area contributed by atoms with E-state index in [1.807, 2.05) is 43.0 Å². The molecule has 0 bridgehead atoms. The third kappa shape index (κ3) is 5.58. The highest BCUT2D eigenvalue weighted by Crippen LogP contribution is 2.20. The minimum Gasteiger partial charge on any atom is -0.372 e. The van der Waals surface area contributed by atoms with Crippen LogP contribution in [0.2, 0.25) is 0 Å². The first kappa shape index (κ1) is 21.8. The van der Waals surface area contributed by atoms with Gasteiger partial charge in [-0.1, -0.05) is 23.9 Å². The van der Waals surface area contributed by atoms with Crippen molar-refractivity contribution in [1.29, 1.82) is 0 Å². The number of nitrogens with one attached hydrogen (secondary N) is 1. The van der Waals surface area contributed by atoms with Gasteiger partial charge in [-0.25, -0.2) is 4.98 Å². The maximum absolute atomic E-state index is 13.0. The molecular formula is C21H31N4O3S+. The van der Waals surface area contributed by atoms with Gasteiger partial charge in [-0.2, -0.15) is 0 Å². The van der Waals surface area contributed by atoms with Gasteiger partial charge in [0.2, 0.25) is 5.91 Å². The second-order valence-electron chi connectivity index (χ2n) is 8.02. The SMILES string of the molecule is C[C@@H]1CN(C(=O)CSc2nc3ccccc3c(=O)n2CCC[NH+](C)C)C[C@@H](C)O1. The Balaban J connectivity index is 1.79. The molecule has 1 N–H and O–H groups in total. The molecule has 29 heavy (non-hydrogen) atoms. The number of aromatic nitrogens is 2. The molecule has 1 aliphatic heterocycles.